The number of carbonyl (C=O) groups is 2. The molecule has 0 aromatic heterocycles. The molecule has 0 radical (unpaired) electrons. The summed E-state index contributed by atoms with van der Waals surface area (Å²) in [5, 5.41) is 3.76. The summed E-state index contributed by atoms with van der Waals surface area (Å²) in [6.07, 6.45) is 3.30. The smallest absolute Gasteiger partial charge is 0.256 e. The minimum absolute atomic E-state index is 0.175. The number of hydrogen-bond donors (Lipinski definition) is 1. The normalized spacial score (nSPS) is 26.2. The van der Waals surface area contributed by atoms with Gasteiger partial charge in [-0.05, 0) is 62.3 Å². The lowest BCUT2D eigenvalue weighted by molar-refractivity contribution is -0.128. The van der Waals surface area contributed by atoms with Gasteiger partial charge in [0, 0.05) is 5.56 Å². The van der Waals surface area contributed by atoms with E-state index in [1.165, 1.54) is 0 Å². The van der Waals surface area contributed by atoms with Crippen LogP contribution in [0.1, 0.15) is 61.5 Å². The zero-order chi connectivity index (χ0) is 22.9. The molecule has 170 valence electrons. The molecule has 2 aliphatic rings. The molecule has 2 aromatic rings. The standard InChI is InChI=1S/C25H28Cl2N2O3/c1-16-10-12-25(13-11-16)29(24(31)19-8-9-20(26)21(27)14-19)22(15-32-25)23(30)28-17(2)18-6-4-3-5-7-18/h3-9,14,16-17,22H,10-13,15H2,1-2H3,(H,28,30)/t16?,17-,22-,25?/m1/s1. The van der Waals surface area contributed by atoms with Gasteiger partial charge < -0.3 is 10.1 Å². The van der Waals surface area contributed by atoms with Crippen molar-refractivity contribution in [2.24, 2.45) is 5.92 Å². The van der Waals surface area contributed by atoms with Crippen LogP contribution in [0.2, 0.25) is 10.0 Å². The Morgan fingerprint density at radius 3 is 2.44 bits per heavy atom. The average molecular weight is 475 g/mol. The van der Waals surface area contributed by atoms with Crippen LogP contribution in [0.3, 0.4) is 0 Å². The summed E-state index contributed by atoms with van der Waals surface area (Å²) < 4.78 is 6.25. The predicted octanol–water partition coefficient (Wildman–Crippen LogP) is 5.62. The number of rotatable bonds is 4. The van der Waals surface area contributed by atoms with Crippen LogP contribution in [0, 0.1) is 5.92 Å². The third kappa shape index (κ3) is 4.52. The molecule has 2 amide bonds. The maximum Gasteiger partial charge on any atom is 0.256 e. The van der Waals surface area contributed by atoms with Crippen LogP contribution in [0.15, 0.2) is 48.5 Å². The molecular formula is C25H28Cl2N2O3. The van der Waals surface area contributed by atoms with E-state index in [-0.39, 0.29) is 24.5 Å². The number of halogens is 2. The Kier molecular flexibility index (Phi) is 6.80. The van der Waals surface area contributed by atoms with Gasteiger partial charge in [0.1, 0.15) is 11.8 Å². The number of nitrogens with zero attached hydrogens (tertiary/aromatic N) is 1. The Morgan fingerprint density at radius 1 is 1.09 bits per heavy atom. The fourth-order valence-corrected chi connectivity index (χ4v) is 4.98. The monoisotopic (exact) mass is 474 g/mol. The van der Waals surface area contributed by atoms with Crippen molar-refractivity contribution in [3.05, 3.63) is 69.7 Å². The number of amides is 2. The number of hydrogen-bond acceptors (Lipinski definition) is 3. The number of nitrogens with one attached hydrogen (secondary N) is 1. The Balaban J connectivity index is 1.62. The van der Waals surface area contributed by atoms with Crippen LogP contribution >= 0.6 is 23.2 Å². The molecule has 4 rings (SSSR count). The Morgan fingerprint density at radius 2 is 1.78 bits per heavy atom. The molecule has 1 saturated carbocycles. The molecule has 1 N–H and O–H groups in total. The molecule has 7 heteroatoms. The Hall–Kier alpha value is -2.08. The van der Waals surface area contributed by atoms with Gasteiger partial charge in [-0.25, -0.2) is 0 Å². The third-order valence-electron chi connectivity index (χ3n) is 6.66. The van der Waals surface area contributed by atoms with E-state index < -0.39 is 11.8 Å². The zero-order valence-corrected chi connectivity index (χ0v) is 19.8. The summed E-state index contributed by atoms with van der Waals surface area (Å²) in [4.78, 5) is 28.7. The highest BCUT2D eigenvalue weighted by Gasteiger charge is 2.53. The largest absolute Gasteiger partial charge is 0.353 e. The van der Waals surface area contributed by atoms with Crippen LogP contribution in [0.4, 0.5) is 0 Å². The lowest BCUT2D eigenvalue weighted by Gasteiger charge is -2.43. The van der Waals surface area contributed by atoms with Crippen LogP contribution in [-0.2, 0) is 9.53 Å². The van der Waals surface area contributed by atoms with Gasteiger partial charge in [0.05, 0.1) is 22.7 Å². The highest BCUT2D eigenvalue weighted by atomic mass is 35.5. The molecule has 5 nitrogen and oxygen atoms in total. The van der Waals surface area contributed by atoms with Crippen LogP contribution in [0.25, 0.3) is 0 Å². The van der Waals surface area contributed by atoms with Gasteiger partial charge in [-0.2, -0.15) is 0 Å². The van der Waals surface area contributed by atoms with Crippen LogP contribution in [0.5, 0.6) is 0 Å². The predicted molar refractivity (Wildman–Crippen MR) is 126 cm³/mol. The van der Waals surface area contributed by atoms with E-state index in [0.717, 1.165) is 18.4 Å². The minimum atomic E-state index is -0.770. The highest BCUT2D eigenvalue weighted by Crippen LogP contribution is 2.43. The number of carbonyl (C=O) groups excluding carboxylic acids is 2. The molecule has 2 aromatic carbocycles. The molecule has 2 atom stereocenters. The molecule has 1 saturated heterocycles. The first-order chi connectivity index (χ1) is 15.3. The zero-order valence-electron chi connectivity index (χ0n) is 18.3. The van der Waals surface area contributed by atoms with E-state index in [9.17, 15) is 9.59 Å². The second-order valence-corrected chi connectivity index (χ2v) is 9.71. The van der Waals surface area contributed by atoms with E-state index in [0.29, 0.717) is 34.4 Å². The second kappa shape index (κ2) is 9.42. The molecule has 2 fully saturated rings. The first-order valence-electron chi connectivity index (χ1n) is 11.1. The summed E-state index contributed by atoms with van der Waals surface area (Å²) in [7, 11) is 0. The van der Waals surface area contributed by atoms with Gasteiger partial charge in [-0.1, -0.05) is 60.5 Å². The van der Waals surface area contributed by atoms with E-state index in [1.807, 2.05) is 37.3 Å². The molecule has 0 bridgehead atoms. The summed E-state index contributed by atoms with van der Waals surface area (Å²) in [5.74, 6) is 0.0885. The molecule has 1 heterocycles. The highest BCUT2D eigenvalue weighted by molar-refractivity contribution is 6.42. The van der Waals surface area contributed by atoms with Crippen molar-refractivity contribution >= 4 is 35.0 Å². The van der Waals surface area contributed by atoms with Gasteiger partial charge in [-0.3, -0.25) is 14.5 Å². The molecule has 1 aliphatic heterocycles. The van der Waals surface area contributed by atoms with Gasteiger partial charge in [0.15, 0.2) is 0 Å². The molecular weight excluding hydrogens is 447 g/mol. The molecule has 1 spiro atoms. The van der Waals surface area contributed by atoms with Crippen LogP contribution < -0.4 is 5.32 Å². The SMILES string of the molecule is CC1CCC2(CC1)OC[C@H](C(=O)N[C@H](C)c1ccccc1)N2C(=O)c1ccc(Cl)c(Cl)c1. The number of ether oxygens (including phenoxy) is 1. The first-order valence-corrected chi connectivity index (χ1v) is 11.8. The quantitative estimate of drug-likeness (QED) is 0.625. The van der Waals surface area contributed by atoms with Gasteiger partial charge >= 0.3 is 0 Å². The third-order valence-corrected chi connectivity index (χ3v) is 7.40. The van der Waals surface area contributed by atoms with Crippen molar-refractivity contribution in [1.29, 1.82) is 0 Å². The van der Waals surface area contributed by atoms with Crippen molar-refractivity contribution in [3.8, 4) is 0 Å². The van der Waals surface area contributed by atoms with E-state index in [4.69, 9.17) is 27.9 Å². The molecule has 0 unspecified atom stereocenters. The van der Waals surface area contributed by atoms with Crippen molar-refractivity contribution in [2.45, 2.75) is 57.3 Å². The minimum Gasteiger partial charge on any atom is -0.353 e. The maximum absolute atomic E-state index is 13.7. The summed E-state index contributed by atoms with van der Waals surface area (Å²) in [5.41, 5.74) is 0.633. The van der Waals surface area contributed by atoms with E-state index >= 15 is 0 Å². The van der Waals surface area contributed by atoms with Crippen molar-refractivity contribution in [2.75, 3.05) is 6.61 Å². The topological polar surface area (TPSA) is 58.6 Å². The Labute approximate surface area is 199 Å². The average Bonchev–Trinajstić information content (AvgIpc) is 3.16. The van der Waals surface area contributed by atoms with Gasteiger partial charge in [0.2, 0.25) is 5.91 Å². The van der Waals surface area contributed by atoms with Crippen molar-refractivity contribution < 1.29 is 14.3 Å². The maximum atomic E-state index is 13.7. The molecule has 1 aliphatic carbocycles. The second-order valence-electron chi connectivity index (χ2n) is 8.90. The fraction of sp³-hybridized carbons (Fsp3) is 0.440. The summed E-state index contributed by atoms with van der Waals surface area (Å²) in [6, 6.07) is 13.7. The fourth-order valence-electron chi connectivity index (χ4n) is 4.68. The summed E-state index contributed by atoms with van der Waals surface area (Å²) >= 11 is 12.2. The van der Waals surface area contributed by atoms with Crippen molar-refractivity contribution in [3.63, 3.8) is 0 Å². The summed E-state index contributed by atoms with van der Waals surface area (Å²) in [6.45, 7) is 4.32. The van der Waals surface area contributed by atoms with Gasteiger partial charge in [0.25, 0.3) is 5.91 Å². The van der Waals surface area contributed by atoms with E-state index in [2.05, 4.69) is 12.2 Å². The van der Waals surface area contributed by atoms with E-state index in [1.54, 1.807) is 23.1 Å². The van der Waals surface area contributed by atoms with Crippen LogP contribution in [-0.4, -0.2) is 35.1 Å². The lowest BCUT2D eigenvalue weighted by atomic mass is 9.83. The lowest BCUT2D eigenvalue weighted by Crippen LogP contribution is -2.57. The number of benzene rings is 2. The molecule has 32 heavy (non-hydrogen) atoms. The first kappa shape index (κ1) is 23.1. The van der Waals surface area contributed by atoms with Gasteiger partial charge in [-0.15, -0.1) is 0 Å². The van der Waals surface area contributed by atoms with Crippen molar-refractivity contribution in [1.82, 2.24) is 10.2 Å². The Bertz CT molecular complexity index is 990.